The van der Waals surface area contributed by atoms with E-state index >= 15 is 8.78 Å². The maximum absolute atomic E-state index is 16.0. The van der Waals surface area contributed by atoms with Crippen LogP contribution in [0.15, 0.2) is 114 Å². The minimum Gasteiger partial charge on any atom is -0.497 e. The van der Waals surface area contributed by atoms with Gasteiger partial charge in [0, 0.05) is 28.5 Å². The molecule has 8 rings (SSSR count). The Kier molecular flexibility index (Phi) is 10.2. The maximum Gasteiger partial charge on any atom is 0.275 e. The largest absolute Gasteiger partial charge is 0.497 e. The van der Waals surface area contributed by atoms with Gasteiger partial charge in [0.15, 0.2) is 9.84 Å². The van der Waals surface area contributed by atoms with Gasteiger partial charge in [-0.1, -0.05) is 108 Å². The summed E-state index contributed by atoms with van der Waals surface area (Å²) in [4.78, 5) is 51.4. The number of amides is 2. The molecule has 56 heavy (non-hydrogen) atoms. The molecule has 16 heteroatoms. The van der Waals surface area contributed by atoms with Gasteiger partial charge in [0.25, 0.3) is 23.2 Å². The summed E-state index contributed by atoms with van der Waals surface area (Å²) in [6.07, 6.45) is 1.01. The number of ether oxygens (including phenoxy) is 1. The van der Waals surface area contributed by atoms with Crippen molar-refractivity contribution in [3.05, 3.63) is 140 Å². The molecule has 0 aliphatic carbocycles. The van der Waals surface area contributed by atoms with Crippen LogP contribution in [0.25, 0.3) is 22.3 Å². The third-order valence-electron chi connectivity index (χ3n) is 9.16. The Hall–Kier alpha value is -5.25. The number of fused-ring (bicyclic) bond motifs is 2. The molecule has 0 saturated carbocycles. The maximum atomic E-state index is 16.0. The van der Waals surface area contributed by atoms with Gasteiger partial charge in [0.1, 0.15) is 24.4 Å². The number of methoxy groups -OCH3 is 1. The molecule has 4 heterocycles. The number of rotatable bonds is 6. The number of sulfone groups is 1. The van der Waals surface area contributed by atoms with Crippen molar-refractivity contribution in [3.63, 3.8) is 0 Å². The molecule has 2 unspecified atom stereocenters. The summed E-state index contributed by atoms with van der Waals surface area (Å²) in [6, 6.07) is 28.0. The number of thiophene rings is 2. The molecule has 2 aliphatic heterocycles. The highest BCUT2D eigenvalue weighted by atomic mass is 35.5. The summed E-state index contributed by atoms with van der Waals surface area (Å²) >= 11 is 14.7. The Labute approximate surface area is 336 Å². The Bertz CT molecular complexity index is 2690. The van der Waals surface area contributed by atoms with Gasteiger partial charge in [0.2, 0.25) is 11.6 Å². The average Bonchev–Trinajstić information content (AvgIpc) is 3.71. The normalized spacial score (nSPS) is 18.9. The number of halogens is 4. The second kappa shape index (κ2) is 14.7. The Morgan fingerprint density at radius 1 is 0.607 bits per heavy atom. The first-order chi connectivity index (χ1) is 26.6. The molecule has 2 amide bonds. The van der Waals surface area contributed by atoms with Gasteiger partial charge >= 0.3 is 0 Å². The summed E-state index contributed by atoms with van der Waals surface area (Å²) in [5.74, 6) is -3.54. The van der Waals surface area contributed by atoms with E-state index in [0.29, 0.717) is 32.3 Å². The molecule has 9 nitrogen and oxygen atoms in total. The second-order valence-corrected chi connectivity index (χ2v) is 17.8. The van der Waals surface area contributed by atoms with Crippen LogP contribution in [0.4, 0.5) is 18.8 Å². The van der Waals surface area contributed by atoms with Crippen LogP contribution >= 0.6 is 45.9 Å². The van der Waals surface area contributed by atoms with E-state index in [-0.39, 0.29) is 41.5 Å². The summed E-state index contributed by atoms with van der Waals surface area (Å²) in [6.45, 7) is 0. The molecule has 0 radical (unpaired) electrons. The van der Waals surface area contributed by atoms with Gasteiger partial charge in [-0.25, -0.2) is 17.2 Å². The molecular formula is C40H26Cl2F2N2O7S3. The summed E-state index contributed by atoms with van der Waals surface area (Å²) < 4.78 is 60.8. The highest BCUT2D eigenvalue weighted by molar-refractivity contribution is 7.90. The molecule has 2 N–H and O–H groups in total. The van der Waals surface area contributed by atoms with E-state index in [2.05, 4.69) is 10.6 Å². The van der Waals surface area contributed by atoms with Gasteiger partial charge in [-0.2, -0.15) is 0 Å². The lowest BCUT2D eigenvalue weighted by atomic mass is 9.83. The van der Waals surface area contributed by atoms with E-state index < -0.39 is 44.6 Å². The first-order valence-electron chi connectivity index (χ1n) is 16.4. The van der Waals surface area contributed by atoms with Crippen molar-refractivity contribution in [1.29, 1.82) is 0 Å². The molecule has 0 bridgehead atoms. The standard InChI is InChI=1S/C20H13ClFNO4S2.C20H13ClFNO3S/c1-29(26,27)13-9-7-12(8-10-13)20(22)16(24)15-14(11-5-3-2-4-6-11)17(21)28-18(15)23-19(20)25;1-26-13-9-5-6-11(10-13)14-15-16(24)20(22,12-7-3-2-4-8-12)19(25)23-18(15)27-17(14)21/h2-10H,1H3,(H,23,25);2-10H,1H3,(H,23,25). The van der Waals surface area contributed by atoms with Crippen molar-refractivity contribution in [1.82, 2.24) is 0 Å². The van der Waals surface area contributed by atoms with Crippen molar-refractivity contribution in [2.24, 2.45) is 0 Å². The third-order valence-corrected chi connectivity index (χ3v) is 12.9. The Morgan fingerprint density at radius 3 is 1.54 bits per heavy atom. The van der Waals surface area contributed by atoms with Gasteiger partial charge in [-0.05, 0) is 35.4 Å². The lowest BCUT2D eigenvalue weighted by Crippen LogP contribution is -2.47. The predicted octanol–water partition coefficient (Wildman–Crippen LogP) is 9.55. The molecule has 2 atom stereocenters. The molecule has 6 aromatic rings. The molecule has 284 valence electrons. The SMILES string of the molecule is COc1cccc(-c2c(Cl)sc3c2C(=O)C(F)(c2ccccc2)C(=O)N3)c1.CS(=O)(=O)c1ccc(C2(F)C(=O)Nc3sc(Cl)c(-c4ccccc4)c3C2=O)cc1. The Morgan fingerprint density at radius 2 is 1.05 bits per heavy atom. The quantitative estimate of drug-likeness (QED) is 0.159. The number of anilines is 2. The number of nitrogens with one attached hydrogen (secondary N) is 2. The first-order valence-corrected chi connectivity index (χ1v) is 20.7. The number of ketones is 2. The molecule has 4 aromatic carbocycles. The van der Waals surface area contributed by atoms with Gasteiger partial charge in [0.05, 0.1) is 23.1 Å². The predicted molar refractivity (Wildman–Crippen MR) is 214 cm³/mol. The lowest BCUT2D eigenvalue weighted by molar-refractivity contribution is -0.126. The van der Waals surface area contributed by atoms with Gasteiger partial charge < -0.3 is 15.4 Å². The summed E-state index contributed by atoms with van der Waals surface area (Å²) in [5.41, 5.74) is -4.04. The molecule has 0 spiro atoms. The second-order valence-electron chi connectivity index (χ2n) is 12.6. The number of alkyl halides is 2. The van der Waals surface area contributed by atoms with Crippen LogP contribution in [0.2, 0.25) is 8.67 Å². The average molecular weight is 852 g/mol. The number of carbonyl (C=O) groups excluding carboxylic acids is 4. The monoisotopic (exact) mass is 850 g/mol. The zero-order valence-electron chi connectivity index (χ0n) is 29.0. The number of Topliss-reactive ketones (excluding diaryl/α,β-unsaturated/α-hetero) is 2. The van der Waals surface area contributed by atoms with Crippen LogP contribution in [0.1, 0.15) is 31.8 Å². The van der Waals surface area contributed by atoms with Crippen LogP contribution in [0, 0.1) is 0 Å². The fraction of sp³-hybridized carbons (Fsp3) is 0.100. The highest BCUT2D eigenvalue weighted by Gasteiger charge is 2.55. The molecular weight excluding hydrogens is 826 g/mol. The molecule has 0 fully saturated rings. The van der Waals surface area contributed by atoms with Crippen molar-refractivity contribution < 1.29 is 41.1 Å². The van der Waals surface area contributed by atoms with Crippen molar-refractivity contribution >= 4 is 89.1 Å². The van der Waals surface area contributed by atoms with Gasteiger partial charge in [-0.15, -0.1) is 22.7 Å². The molecule has 2 aliphatic rings. The van der Waals surface area contributed by atoms with Gasteiger partial charge in [-0.3, -0.25) is 19.2 Å². The zero-order valence-corrected chi connectivity index (χ0v) is 32.9. The van der Waals surface area contributed by atoms with Crippen molar-refractivity contribution in [2.75, 3.05) is 24.0 Å². The summed E-state index contributed by atoms with van der Waals surface area (Å²) in [5, 5.41) is 5.38. The number of benzene rings is 4. The number of hydrogen-bond donors (Lipinski definition) is 2. The van der Waals surface area contributed by atoms with E-state index in [1.165, 1.54) is 31.4 Å². The fourth-order valence-electron chi connectivity index (χ4n) is 6.37. The number of carbonyl (C=O) groups is 4. The van der Waals surface area contributed by atoms with E-state index in [1.807, 2.05) is 0 Å². The zero-order chi connectivity index (χ0) is 40.2. The molecule has 0 saturated heterocycles. The number of hydrogen-bond acceptors (Lipinski definition) is 9. The van der Waals surface area contributed by atoms with Crippen molar-refractivity contribution in [3.8, 4) is 28.0 Å². The topological polar surface area (TPSA) is 136 Å². The van der Waals surface area contributed by atoms with E-state index in [9.17, 15) is 27.6 Å². The minimum atomic E-state index is -3.51. The van der Waals surface area contributed by atoms with E-state index in [4.69, 9.17) is 27.9 Å². The van der Waals surface area contributed by atoms with Crippen LogP contribution in [0.5, 0.6) is 5.75 Å². The van der Waals surface area contributed by atoms with E-state index in [1.54, 1.807) is 72.8 Å². The highest BCUT2D eigenvalue weighted by Crippen LogP contribution is 2.51. The Balaban J connectivity index is 0.000000172. The summed E-state index contributed by atoms with van der Waals surface area (Å²) in [7, 11) is -1.98. The van der Waals surface area contributed by atoms with Crippen LogP contribution in [0.3, 0.4) is 0 Å². The van der Waals surface area contributed by atoms with E-state index in [0.717, 1.165) is 41.1 Å². The van der Waals surface area contributed by atoms with Crippen LogP contribution in [-0.4, -0.2) is 45.2 Å². The smallest absolute Gasteiger partial charge is 0.275 e. The fourth-order valence-corrected chi connectivity index (χ4v) is 9.75. The third kappa shape index (κ3) is 6.50. The van der Waals surface area contributed by atoms with Crippen molar-refractivity contribution in [2.45, 2.75) is 16.2 Å². The lowest BCUT2D eigenvalue weighted by Gasteiger charge is -2.28. The van der Waals surface area contributed by atoms with Crippen LogP contribution < -0.4 is 15.4 Å². The minimum absolute atomic E-state index is 0.000453. The van der Waals surface area contributed by atoms with Crippen LogP contribution in [-0.2, 0) is 30.8 Å². The first kappa shape index (κ1) is 39.0. The molecule has 2 aromatic heterocycles.